The molecule has 0 heterocycles. The quantitative estimate of drug-likeness (QED) is 0.189. The molecule has 0 aliphatic carbocycles. The fourth-order valence-electron chi connectivity index (χ4n) is 4.39. The minimum absolute atomic E-state index is 0.0272. The molecule has 0 bridgehead atoms. The summed E-state index contributed by atoms with van der Waals surface area (Å²) in [6.07, 6.45) is 1.54. The standard InChI is InChI=1S/C34H37NO6/c1-37-29-16-14-25(20-30(29)40-23-26-10-6-4-7-11-26)18-19-35-33(36)17-15-28-21-31(38-2)34(39-3)32(22-28)41-24-27-12-8-5-9-13-27/h4-14,16,20-22H,15,17-19,23-24H2,1-3H3,(H,35,36). The van der Waals surface area contributed by atoms with E-state index < -0.39 is 0 Å². The van der Waals surface area contributed by atoms with E-state index in [-0.39, 0.29) is 5.91 Å². The molecule has 0 saturated heterocycles. The maximum Gasteiger partial charge on any atom is 0.220 e. The van der Waals surface area contributed by atoms with Crippen molar-refractivity contribution in [1.29, 1.82) is 0 Å². The molecule has 0 fully saturated rings. The number of hydrogen-bond donors (Lipinski definition) is 1. The fraction of sp³-hybridized carbons (Fsp3) is 0.265. The van der Waals surface area contributed by atoms with Crippen molar-refractivity contribution in [2.45, 2.75) is 32.5 Å². The van der Waals surface area contributed by atoms with Crippen molar-refractivity contribution in [3.8, 4) is 28.7 Å². The van der Waals surface area contributed by atoms with Crippen molar-refractivity contribution in [1.82, 2.24) is 5.32 Å². The molecule has 214 valence electrons. The lowest BCUT2D eigenvalue weighted by molar-refractivity contribution is -0.121. The van der Waals surface area contributed by atoms with E-state index in [0.717, 1.165) is 22.3 Å². The van der Waals surface area contributed by atoms with Gasteiger partial charge in [0.1, 0.15) is 13.2 Å². The van der Waals surface area contributed by atoms with E-state index in [2.05, 4.69) is 5.32 Å². The Balaban J connectivity index is 1.30. The Morgan fingerprint density at radius 1 is 0.585 bits per heavy atom. The molecule has 0 unspecified atom stereocenters. The maximum atomic E-state index is 12.7. The van der Waals surface area contributed by atoms with Gasteiger partial charge in [-0.3, -0.25) is 4.79 Å². The molecule has 4 rings (SSSR count). The van der Waals surface area contributed by atoms with Gasteiger partial charge in [0, 0.05) is 13.0 Å². The van der Waals surface area contributed by atoms with Crippen molar-refractivity contribution in [2.24, 2.45) is 0 Å². The SMILES string of the molecule is COc1ccc(CCNC(=O)CCc2cc(OC)c(OC)c(OCc3ccccc3)c2)cc1OCc1ccccc1. The second-order valence-electron chi connectivity index (χ2n) is 9.46. The normalized spacial score (nSPS) is 10.5. The van der Waals surface area contributed by atoms with E-state index in [9.17, 15) is 4.79 Å². The summed E-state index contributed by atoms with van der Waals surface area (Å²) in [5.41, 5.74) is 4.10. The number of hydrogen-bond acceptors (Lipinski definition) is 6. The Bertz CT molecular complexity index is 1390. The molecule has 0 atom stereocenters. The predicted molar refractivity (Wildman–Crippen MR) is 159 cm³/mol. The summed E-state index contributed by atoms with van der Waals surface area (Å²) in [5, 5.41) is 3.02. The highest BCUT2D eigenvalue weighted by atomic mass is 16.5. The second kappa shape index (κ2) is 15.2. The lowest BCUT2D eigenvalue weighted by atomic mass is 10.1. The summed E-state index contributed by atoms with van der Waals surface area (Å²) >= 11 is 0. The van der Waals surface area contributed by atoms with Crippen LogP contribution in [0.3, 0.4) is 0 Å². The first kappa shape index (κ1) is 29.3. The van der Waals surface area contributed by atoms with Gasteiger partial charge < -0.3 is 29.0 Å². The van der Waals surface area contributed by atoms with Crippen LogP contribution in [-0.2, 0) is 30.8 Å². The Hall–Kier alpha value is -4.65. The second-order valence-corrected chi connectivity index (χ2v) is 9.46. The van der Waals surface area contributed by atoms with Crippen molar-refractivity contribution in [3.63, 3.8) is 0 Å². The zero-order valence-corrected chi connectivity index (χ0v) is 23.9. The summed E-state index contributed by atoms with van der Waals surface area (Å²) in [4.78, 5) is 12.7. The number of carbonyl (C=O) groups is 1. The van der Waals surface area contributed by atoms with Crippen LogP contribution < -0.4 is 29.0 Å². The van der Waals surface area contributed by atoms with Gasteiger partial charge in [-0.05, 0) is 59.4 Å². The average Bonchev–Trinajstić information content (AvgIpc) is 3.02. The molecule has 0 saturated carbocycles. The van der Waals surface area contributed by atoms with Crippen LogP contribution in [0.25, 0.3) is 0 Å². The van der Waals surface area contributed by atoms with Gasteiger partial charge in [-0.15, -0.1) is 0 Å². The van der Waals surface area contributed by atoms with E-state index in [0.29, 0.717) is 67.8 Å². The molecule has 0 spiro atoms. The van der Waals surface area contributed by atoms with Crippen LogP contribution in [0.5, 0.6) is 28.7 Å². The Labute approximate surface area is 242 Å². The lowest BCUT2D eigenvalue weighted by Gasteiger charge is -2.16. The average molecular weight is 556 g/mol. The zero-order valence-electron chi connectivity index (χ0n) is 23.9. The van der Waals surface area contributed by atoms with Crippen LogP contribution in [-0.4, -0.2) is 33.8 Å². The van der Waals surface area contributed by atoms with Crippen LogP contribution in [0.15, 0.2) is 91.0 Å². The minimum Gasteiger partial charge on any atom is -0.493 e. The predicted octanol–water partition coefficient (Wildman–Crippen LogP) is 6.16. The molecule has 0 aromatic heterocycles. The Morgan fingerprint density at radius 3 is 1.78 bits per heavy atom. The first-order chi connectivity index (χ1) is 20.1. The molecule has 4 aromatic carbocycles. The highest BCUT2D eigenvalue weighted by Gasteiger charge is 2.15. The van der Waals surface area contributed by atoms with Crippen LogP contribution in [0.4, 0.5) is 0 Å². The number of methoxy groups -OCH3 is 3. The monoisotopic (exact) mass is 555 g/mol. The highest BCUT2D eigenvalue weighted by molar-refractivity contribution is 5.76. The summed E-state index contributed by atoms with van der Waals surface area (Å²) in [6, 6.07) is 29.5. The molecule has 7 nitrogen and oxygen atoms in total. The van der Waals surface area contributed by atoms with Crippen molar-refractivity contribution in [3.05, 3.63) is 113 Å². The first-order valence-corrected chi connectivity index (χ1v) is 13.6. The van der Waals surface area contributed by atoms with Crippen molar-refractivity contribution < 1.29 is 28.5 Å². The summed E-state index contributed by atoms with van der Waals surface area (Å²) in [5.74, 6) is 3.01. The third-order valence-corrected chi connectivity index (χ3v) is 6.58. The van der Waals surface area contributed by atoms with Gasteiger partial charge in [-0.1, -0.05) is 66.7 Å². The van der Waals surface area contributed by atoms with Crippen molar-refractivity contribution >= 4 is 5.91 Å². The van der Waals surface area contributed by atoms with Crippen LogP contribution in [0, 0.1) is 0 Å². The van der Waals surface area contributed by atoms with E-state index in [1.807, 2.05) is 91.0 Å². The topological polar surface area (TPSA) is 75.3 Å². The van der Waals surface area contributed by atoms with Crippen LogP contribution >= 0.6 is 0 Å². The van der Waals surface area contributed by atoms with E-state index in [1.54, 1.807) is 21.3 Å². The van der Waals surface area contributed by atoms with Gasteiger partial charge in [-0.2, -0.15) is 0 Å². The van der Waals surface area contributed by atoms with Gasteiger partial charge in [0.2, 0.25) is 11.7 Å². The number of nitrogens with one attached hydrogen (secondary N) is 1. The van der Waals surface area contributed by atoms with Crippen molar-refractivity contribution in [2.75, 3.05) is 27.9 Å². The molecule has 4 aromatic rings. The largest absolute Gasteiger partial charge is 0.493 e. The zero-order chi connectivity index (χ0) is 28.9. The smallest absolute Gasteiger partial charge is 0.220 e. The highest BCUT2D eigenvalue weighted by Crippen LogP contribution is 2.39. The lowest BCUT2D eigenvalue weighted by Crippen LogP contribution is -2.25. The molecule has 7 heteroatoms. The fourth-order valence-corrected chi connectivity index (χ4v) is 4.39. The Kier molecular flexibility index (Phi) is 10.9. The Morgan fingerprint density at radius 2 is 1.17 bits per heavy atom. The number of aryl methyl sites for hydroxylation is 1. The van der Waals surface area contributed by atoms with Crippen LogP contribution in [0.2, 0.25) is 0 Å². The van der Waals surface area contributed by atoms with Gasteiger partial charge >= 0.3 is 0 Å². The summed E-state index contributed by atoms with van der Waals surface area (Å²) < 4.78 is 28.6. The number of carbonyl (C=O) groups excluding carboxylic acids is 1. The van der Waals surface area contributed by atoms with E-state index in [1.165, 1.54) is 0 Å². The molecule has 1 N–H and O–H groups in total. The van der Waals surface area contributed by atoms with E-state index in [4.69, 9.17) is 23.7 Å². The summed E-state index contributed by atoms with van der Waals surface area (Å²) in [6.45, 7) is 1.36. The molecule has 0 aliphatic heterocycles. The first-order valence-electron chi connectivity index (χ1n) is 13.6. The number of rotatable bonds is 15. The van der Waals surface area contributed by atoms with E-state index >= 15 is 0 Å². The van der Waals surface area contributed by atoms with Gasteiger partial charge in [0.05, 0.1) is 21.3 Å². The third-order valence-electron chi connectivity index (χ3n) is 6.58. The molecule has 41 heavy (non-hydrogen) atoms. The van der Waals surface area contributed by atoms with Crippen LogP contribution in [0.1, 0.15) is 28.7 Å². The van der Waals surface area contributed by atoms with Gasteiger partial charge in [-0.25, -0.2) is 0 Å². The molecular weight excluding hydrogens is 518 g/mol. The number of amides is 1. The van der Waals surface area contributed by atoms with Gasteiger partial charge in [0.25, 0.3) is 0 Å². The minimum atomic E-state index is -0.0272. The molecular formula is C34H37NO6. The number of benzene rings is 4. The maximum absolute atomic E-state index is 12.7. The molecule has 1 amide bonds. The molecule has 0 radical (unpaired) electrons. The molecule has 0 aliphatic rings. The third kappa shape index (κ3) is 8.67. The van der Waals surface area contributed by atoms with Gasteiger partial charge in [0.15, 0.2) is 23.0 Å². The number of ether oxygens (including phenoxy) is 5. The summed E-state index contributed by atoms with van der Waals surface area (Å²) in [7, 11) is 4.80.